The number of hydrogen-bond donors (Lipinski definition) is 2. The molecule has 0 aliphatic carbocycles. The van der Waals surface area contributed by atoms with Gasteiger partial charge in [-0.1, -0.05) is 42.5 Å². The van der Waals surface area contributed by atoms with Crippen molar-refractivity contribution < 1.29 is 14.0 Å². The van der Waals surface area contributed by atoms with E-state index in [2.05, 4.69) is 15.6 Å². The van der Waals surface area contributed by atoms with Gasteiger partial charge in [0.05, 0.1) is 23.4 Å². The molecule has 1 atom stereocenters. The van der Waals surface area contributed by atoms with Crippen LogP contribution < -0.4 is 10.6 Å². The van der Waals surface area contributed by atoms with Gasteiger partial charge in [0.1, 0.15) is 5.82 Å². The third-order valence-corrected chi connectivity index (χ3v) is 5.42. The molecule has 7 heteroatoms. The molecule has 0 spiro atoms. The van der Waals surface area contributed by atoms with E-state index in [0.29, 0.717) is 25.1 Å². The van der Waals surface area contributed by atoms with Crippen molar-refractivity contribution in [3.05, 3.63) is 102 Å². The Morgan fingerprint density at radius 2 is 1.67 bits per heavy atom. The first-order chi connectivity index (χ1) is 16.1. The first-order valence-electron chi connectivity index (χ1n) is 10.9. The molecule has 2 N–H and O–H groups in total. The summed E-state index contributed by atoms with van der Waals surface area (Å²) in [4.78, 5) is 29.2. The Hall–Kier alpha value is -4.00. The number of fused-ring (bicyclic) bond motifs is 1. The number of hydrogen-bond acceptors (Lipinski definition) is 3. The maximum Gasteiger partial charge on any atom is 0.251 e. The molecular weight excluding hydrogens is 419 g/mol. The van der Waals surface area contributed by atoms with E-state index in [1.54, 1.807) is 42.7 Å². The van der Waals surface area contributed by atoms with E-state index in [1.165, 1.54) is 12.1 Å². The molecule has 0 radical (unpaired) electrons. The molecule has 0 saturated heterocycles. The van der Waals surface area contributed by atoms with Crippen LogP contribution in [0, 0.1) is 5.82 Å². The fourth-order valence-corrected chi connectivity index (χ4v) is 3.69. The van der Waals surface area contributed by atoms with E-state index in [1.807, 2.05) is 34.9 Å². The maximum absolute atomic E-state index is 13.5. The van der Waals surface area contributed by atoms with Crippen LogP contribution in [0.4, 0.5) is 4.39 Å². The van der Waals surface area contributed by atoms with Gasteiger partial charge < -0.3 is 15.2 Å². The number of nitrogens with zero attached hydrogens (tertiary/aromatic N) is 2. The molecule has 4 aromatic rings. The average molecular weight is 445 g/mol. The second-order valence-corrected chi connectivity index (χ2v) is 7.78. The molecule has 1 heterocycles. The van der Waals surface area contributed by atoms with Crippen molar-refractivity contribution in [1.82, 2.24) is 20.2 Å². The van der Waals surface area contributed by atoms with Gasteiger partial charge in [0.2, 0.25) is 5.91 Å². The van der Waals surface area contributed by atoms with Crippen LogP contribution in [0.5, 0.6) is 0 Å². The molecule has 4 rings (SSSR count). The van der Waals surface area contributed by atoms with Crippen molar-refractivity contribution in [2.75, 3.05) is 6.54 Å². The molecule has 0 saturated carbocycles. The Balaban J connectivity index is 1.37. The molecule has 33 heavy (non-hydrogen) atoms. The normalized spacial score (nSPS) is 11.8. The van der Waals surface area contributed by atoms with Gasteiger partial charge in [0.25, 0.3) is 5.91 Å². The summed E-state index contributed by atoms with van der Waals surface area (Å²) in [5, 5.41) is 5.88. The van der Waals surface area contributed by atoms with Gasteiger partial charge in [-0.25, -0.2) is 9.37 Å². The van der Waals surface area contributed by atoms with E-state index in [4.69, 9.17) is 0 Å². The van der Waals surface area contributed by atoms with Crippen LogP contribution in [0.25, 0.3) is 11.0 Å². The van der Waals surface area contributed by atoms with E-state index in [-0.39, 0.29) is 30.1 Å². The fraction of sp³-hybridized carbons (Fsp3) is 0.192. The lowest BCUT2D eigenvalue weighted by molar-refractivity contribution is -0.122. The predicted octanol–water partition coefficient (Wildman–Crippen LogP) is 4.24. The summed E-state index contributed by atoms with van der Waals surface area (Å²) < 4.78 is 15.4. The van der Waals surface area contributed by atoms with Crippen LogP contribution in [0.15, 0.2) is 85.2 Å². The molecule has 2 amide bonds. The maximum atomic E-state index is 13.5. The molecule has 0 aliphatic heterocycles. The molecule has 1 unspecified atom stereocenters. The second kappa shape index (κ2) is 10.5. The smallest absolute Gasteiger partial charge is 0.251 e. The lowest BCUT2D eigenvalue weighted by Crippen LogP contribution is -2.32. The van der Waals surface area contributed by atoms with Gasteiger partial charge in [0, 0.05) is 25.1 Å². The lowest BCUT2D eigenvalue weighted by atomic mass is 10.1. The second-order valence-electron chi connectivity index (χ2n) is 7.78. The third kappa shape index (κ3) is 5.83. The molecule has 0 aliphatic rings. The predicted molar refractivity (Wildman–Crippen MR) is 125 cm³/mol. The lowest BCUT2D eigenvalue weighted by Gasteiger charge is -2.20. The molecule has 0 fully saturated rings. The SMILES string of the molecule is O=C(CCCNC(=O)c1ccccc1)NC(Cn1cnc2ccccc21)c1ccc(F)cc1. The summed E-state index contributed by atoms with van der Waals surface area (Å²) in [6.07, 6.45) is 2.51. The van der Waals surface area contributed by atoms with Gasteiger partial charge in [-0.3, -0.25) is 9.59 Å². The van der Waals surface area contributed by atoms with Crippen molar-refractivity contribution in [3.8, 4) is 0 Å². The van der Waals surface area contributed by atoms with E-state index < -0.39 is 0 Å². The van der Waals surface area contributed by atoms with Gasteiger partial charge in [-0.15, -0.1) is 0 Å². The monoisotopic (exact) mass is 444 g/mol. The first kappa shape index (κ1) is 22.2. The van der Waals surface area contributed by atoms with Gasteiger partial charge in [-0.05, 0) is 48.4 Å². The minimum Gasteiger partial charge on any atom is -0.352 e. The summed E-state index contributed by atoms with van der Waals surface area (Å²) in [5.74, 6) is -0.624. The van der Waals surface area contributed by atoms with Crippen molar-refractivity contribution in [2.45, 2.75) is 25.4 Å². The summed E-state index contributed by atoms with van der Waals surface area (Å²) in [7, 11) is 0. The number of amides is 2. The number of carbonyl (C=O) groups excluding carboxylic acids is 2. The third-order valence-electron chi connectivity index (χ3n) is 5.42. The van der Waals surface area contributed by atoms with Crippen molar-refractivity contribution in [2.24, 2.45) is 0 Å². The number of halogens is 1. The van der Waals surface area contributed by atoms with Crippen LogP contribution in [-0.2, 0) is 11.3 Å². The minimum atomic E-state index is -0.352. The number of nitrogens with one attached hydrogen (secondary N) is 2. The fourth-order valence-electron chi connectivity index (χ4n) is 3.69. The molecule has 1 aromatic heterocycles. The van der Waals surface area contributed by atoms with E-state index >= 15 is 0 Å². The number of carbonyl (C=O) groups is 2. The molecule has 0 bridgehead atoms. The zero-order chi connectivity index (χ0) is 23.0. The number of para-hydroxylation sites is 2. The number of imidazole rings is 1. The van der Waals surface area contributed by atoms with Crippen LogP contribution in [0.3, 0.4) is 0 Å². The number of rotatable bonds is 9. The molecule has 168 valence electrons. The quantitative estimate of drug-likeness (QED) is 0.379. The first-order valence-corrected chi connectivity index (χ1v) is 10.9. The van der Waals surface area contributed by atoms with Crippen molar-refractivity contribution in [3.63, 3.8) is 0 Å². The highest BCUT2D eigenvalue weighted by Crippen LogP contribution is 2.20. The molecular formula is C26H25FN4O2. The summed E-state index contributed by atoms with van der Waals surface area (Å²) in [6.45, 7) is 0.858. The van der Waals surface area contributed by atoms with Gasteiger partial charge in [0.15, 0.2) is 0 Å². The van der Waals surface area contributed by atoms with Gasteiger partial charge in [-0.2, -0.15) is 0 Å². The van der Waals surface area contributed by atoms with Crippen LogP contribution >= 0.6 is 0 Å². The highest BCUT2D eigenvalue weighted by molar-refractivity contribution is 5.94. The zero-order valence-corrected chi connectivity index (χ0v) is 18.1. The average Bonchev–Trinajstić information content (AvgIpc) is 3.25. The highest BCUT2D eigenvalue weighted by Gasteiger charge is 2.17. The Morgan fingerprint density at radius 3 is 2.45 bits per heavy atom. The number of benzene rings is 3. The summed E-state index contributed by atoms with van der Waals surface area (Å²) in [6, 6.07) is 22.5. The molecule has 3 aromatic carbocycles. The van der Waals surface area contributed by atoms with Crippen LogP contribution in [-0.4, -0.2) is 27.9 Å². The Morgan fingerprint density at radius 1 is 0.939 bits per heavy atom. The Labute approximate surface area is 191 Å². The van der Waals surface area contributed by atoms with Crippen LogP contribution in [0.2, 0.25) is 0 Å². The Kier molecular flexibility index (Phi) is 7.09. The highest BCUT2D eigenvalue weighted by atomic mass is 19.1. The minimum absolute atomic E-state index is 0.136. The van der Waals surface area contributed by atoms with Crippen LogP contribution in [0.1, 0.15) is 34.8 Å². The van der Waals surface area contributed by atoms with E-state index in [9.17, 15) is 14.0 Å². The standard InChI is InChI=1S/C26H25FN4O2/c27-21-14-12-19(13-15-21)23(17-31-18-29-22-9-4-5-10-24(22)31)30-25(32)11-6-16-28-26(33)20-7-2-1-3-8-20/h1-5,7-10,12-15,18,23H,6,11,16-17H2,(H,28,33)(H,30,32). The van der Waals surface area contributed by atoms with Gasteiger partial charge >= 0.3 is 0 Å². The topological polar surface area (TPSA) is 76.0 Å². The summed E-state index contributed by atoms with van der Waals surface area (Å²) in [5.41, 5.74) is 3.23. The molecule has 6 nitrogen and oxygen atoms in total. The summed E-state index contributed by atoms with van der Waals surface area (Å²) >= 11 is 0. The van der Waals surface area contributed by atoms with E-state index in [0.717, 1.165) is 16.6 Å². The zero-order valence-electron chi connectivity index (χ0n) is 18.1. The van der Waals surface area contributed by atoms with Crippen molar-refractivity contribution in [1.29, 1.82) is 0 Å². The van der Waals surface area contributed by atoms with Crippen molar-refractivity contribution >= 4 is 22.8 Å². The largest absolute Gasteiger partial charge is 0.352 e. The Bertz CT molecular complexity index is 1220. The number of aromatic nitrogens is 2.